The van der Waals surface area contributed by atoms with Gasteiger partial charge in [0.25, 0.3) is 0 Å². The number of hydrogen-bond donors (Lipinski definition) is 0. The molecule has 1 aromatic carbocycles. The third-order valence-electron chi connectivity index (χ3n) is 3.80. The average molecular weight is 312 g/mol. The largest absolute Gasteiger partial charge is 0.273 e. The molecule has 4 rings (SSSR count). The molecule has 0 bridgehead atoms. The summed E-state index contributed by atoms with van der Waals surface area (Å²) in [6, 6.07) is 11.7. The molecule has 0 saturated heterocycles. The molecule has 0 N–H and O–H groups in total. The predicted molar refractivity (Wildman–Crippen MR) is 89.7 cm³/mol. The van der Waals surface area contributed by atoms with Gasteiger partial charge in [-0.05, 0) is 18.2 Å². The maximum Gasteiger partial charge on any atom is 0.181 e. The number of aryl methyl sites for hydroxylation is 1. The molecular formula is C18H12N6. The van der Waals surface area contributed by atoms with Crippen LogP contribution in [0, 0.1) is 11.3 Å². The van der Waals surface area contributed by atoms with Crippen LogP contribution in [-0.2, 0) is 7.05 Å². The van der Waals surface area contributed by atoms with Crippen LogP contribution in [0.4, 0.5) is 0 Å². The van der Waals surface area contributed by atoms with Gasteiger partial charge in [-0.2, -0.15) is 10.4 Å². The van der Waals surface area contributed by atoms with E-state index in [0.717, 1.165) is 27.8 Å². The summed E-state index contributed by atoms with van der Waals surface area (Å²) in [6.45, 7) is 0. The Bertz CT molecular complexity index is 1080. The minimum Gasteiger partial charge on any atom is -0.273 e. The van der Waals surface area contributed by atoms with Gasteiger partial charge in [-0.25, -0.2) is 15.0 Å². The van der Waals surface area contributed by atoms with Crippen LogP contribution in [0.3, 0.4) is 0 Å². The second-order valence-electron chi connectivity index (χ2n) is 5.37. The lowest BCUT2D eigenvalue weighted by atomic mass is 9.93. The van der Waals surface area contributed by atoms with Gasteiger partial charge in [0.15, 0.2) is 5.65 Å². The van der Waals surface area contributed by atoms with Crippen molar-refractivity contribution in [3.63, 3.8) is 0 Å². The first-order chi connectivity index (χ1) is 11.8. The number of aromatic nitrogens is 5. The summed E-state index contributed by atoms with van der Waals surface area (Å²) in [7, 11) is 1.86. The zero-order valence-corrected chi connectivity index (χ0v) is 12.9. The normalized spacial score (nSPS) is 10.7. The highest BCUT2D eigenvalue weighted by Gasteiger charge is 2.14. The van der Waals surface area contributed by atoms with Gasteiger partial charge in [0.05, 0.1) is 17.3 Å². The number of fused-ring (bicyclic) bond motifs is 1. The van der Waals surface area contributed by atoms with Crippen LogP contribution in [0.25, 0.3) is 33.4 Å². The summed E-state index contributed by atoms with van der Waals surface area (Å²) >= 11 is 0. The Labute approximate surface area is 138 Å². The fourth-order valence-electron chi connectivity index (χ4n) is 2.79. The highest BCUT2D eigenvalue weighted by atomic mass is 15.3. The van der Waals surface area contributed by atoms with E-state index in [2.05, 4.69) is 26.1 Å². The number of hydrogen-bond acceptors (Lipinski definition) is 5. The number of benzene rings is 1. The molecule has 0 amide bonds. The Hall–Kier alpha value is -3.59. The summed E-state index contributed by atoms with van der Waals surface area (Å²) in [5.74, 6) is 0. The number of rotatable bonds is 2. The van der Waals surface area contributed by atoms with Crippen molar-refractivity contribution in [3.8, 4) is 28.5 Å². The molecule has 0 unspecified atom stereocenters. The minimum absolute atomic E-state index is 0.580. The van der Waals surface area contributed by atoms with Gasteiger partial charge in [-0.15, -0.1) is 0 Å². The molecule has 3 heterocycles. The van der Waals surface area contributed by atoms with Crippen molar-refractivity contribution in [1.82, 2.24) is 24.7 Å². The van der Waals surface area contributed by atoms with Crippen molar-refractivity contribution in [3.05, 3.63) is 60.8 Å². The number of pyridine rings is 1. The van der Waals surface area contributed by atoms with Crippen molar-refractivity contribution >= 4 is 11.0 Å². The molecule has 0 radical (unpaired) electrons. The van der Waals surface area contributed by atoms with Crippen molar-refractivity contribution < 1.29 is 0 Å². The van der Waals surface area contributed by atoms with Crippen LogP contribution in [-0.4, -0.2) is 24.7 Å². The molecule has 24 heavy (non-hydrogen) atoms. The number of nitrogens with zero attached hydrogens (tertiary/aromatic N) is 6. The van der Waals surface area contributed by atoms with E-state index in [1.54, 1.807) is 23.1 Å². The maximum absolute atomic E-state index is 9.55. The predicted octanol–water partition coefficient (Wildman–Crippen LogP) is 2.96. The first-order valence-corrected chi connectivity index (χ1v) is 7.35. The zero-order valence-electron chi connectivity index (χ0n) is 12.9. The van der Waals surface area contributed by atoms with E-state index < -0.39 is 0 Å². The summed E-state index contributed by atoms with van der Waals surface area (Å²) in [4.78, 5) is 12.7. The summed E-state index contributed by atoms with van der Waals surface area (Å²) < 4.78 is 1.73. The first-order valence-electron chi connectivity index (χ1n) is 7.35. The molecule has 6 heteroatoms. The van der Waals surface area contributed by atoms with Crippen LogP contribution in [0.5, 0.6) is 0 Å². The lowest BCUT2D eigenvalue weighted by Gasteiger charge is -2.11. The molecule has 3 aromatic heterocycles. The minimum atomic E-state index is 0.580. The Morgan fingerprint density at radius 1 is 1.17 bits per heavy atom. The third kappa shape index (κ3) is 2.29. The summed E-state index contributed by atoms with van der Waals surface area (Å²) in [5.41, 5.74) is 4.58. The Balaban J connectivity index is 2.00. The quantitative estimate of drug-likeness (QED) is 0.568. The van der Waals surface area contributed by atoms with Gasteiger partial charge < -0.3 is 0 Å². The van der Waals surface area contributed by atoms with E-state index in [0.29, 0.717) is 11.2 Å². The van der Waals surface area contributed by atoms with Crippen molar-refractivity contribution in [2.24, 2.45) is 7.05 Å². The fraction of sp³-hybridized carbons (Fsp3) is 0.0556. The van der Waals surface area contributed by atoms with Crippen molar-refractivity contribution in [1.29, 1.82) is 5.26 Å². The van der Waals surface area contributed by atoms with Crippen LogP contribution >= 0.6 is 0 Å². The second kappa shape index (κ2) is 5.56. The summed E-state index contributed by atoms with van der Waals surface area (Å²) in [6.07, 6.45) is 6.84. The molecule has 0 saturated carbocycles. The molecule has 0 aliphatic heterocycles. The first kappa shape index (κ1) is 14.0. The van der Waals surface area contributed by atoms with Gasteiger partial charge >= 0.3 is 0 Å². The fourth-order valence-corrected chi connectivity index (χ4v) is 2.79. The van der Waals surface area contributed by atoms with Gasteiger partial charge in [0, 0.05) is 47.7 Å². The molecule has 114 valence electrons. The summed E-state index contributed by atoms with van der Waals surface area (Å²) in [5, 5.41) is 14.8. The average Bonchev–Trinajstić information content (AvgIpc) is 3.00. The standard InChI is InChI=1S/C18H12N6/c1-24-10-14-7-13(9-21-18(14)23-24)17-12(8-19)3-2-4-15(17)16-5-6-20-11-22-16/h2-7,9-11H,1H3. The van der Waals surface area contributed by atoms with Crippen LogP contribution in [0.1, 0.15) is 5.56 Å². The van der Waals surface area contributed by atoms with Gasteiger partial charge in [-0.3, -0.25) is 4.68 Å². The van der Waals surface area contributed by atoms with E-state index in [4.69, 9.17) is 0 Å². The van der Waals surface area contributed by atoms with E-state index >= 15 is 0 Å². The molecule has 0 aliphatic carbocycles. The monoisotopic (exact) mass is 312 g/mol. The van der Waals surface area contributed by atoms with Crippen LogP contribution < -0.4 is 0 Å². The van der Waals surface area contributed by atoms with Crippen LogP contribution in [0.15, 0.2) is 55.2 Å². The lowest BCUT2D eigenvalue weighted by molar-refractivity contribution is 0.776. The lowest BCUT2D eigenvalue weighted by Crippen LogP contribution is -1.93. The maximum atomic E-state index is 9.55. The van der Waals surface area contributed by atoms with E-state index in [-0.39, 0.29) is 0 Å². The van der Waals surface area contributed by atoms with Gasteiger partial charge in [0.1, 0.15) is 6.33 Å². The van der Waals surface area contributed by atoms with E-state index in [1.807, 2.05) is 37.5 Å². The van der Waals surface area contributed by atoms with Crippen LogP contribution in [0.2, 0.25) is 0 Å². The molecule has 0 aliphatic rings. The third-order valence-corrected chi connectivity index (χ3v) is 3.80. The molecular weight excluding hydrogens is 300 g/mol. The smallest absolute Gasteiger partial charge is 0.181 e. The second-order valence-corrected chi connectivity index (χ2v) is 5.37. The van der Waals surface area contributed by atoms with Gasteiger partial charge in [0.2, 0.25) is 0 Å². The molecule has 0 spiro atoms. The zero-order chi connectivity index (χ0) is 16.5. The van der Waals surface area contributed by atoms with E-state index in [9.17, 15) is 5.26 Å². The Morgan fingerprint density at radius 3 is 2.88 bits per heavy atom. The highest BCUT2D eigenvalue weighted by molar-refractivity contribution is 5.89. The Morgan fingerprint density at radius 2 is 2.08 bits per heavy atom. The molecule has 4 aromatic rings. The molecule has 0 fully saturated rings. The van der Waals surface area contributed by atoms with E-state index in [1.165, 1.54) is 6.33 Å². The Kier molecular flexibility index (Phi) is 3.25. The topological polar surface area (TPSA) is 80.3 Å². The molecule has 6 nitrogen and oxygen atoms in total. The SMILES string of the molecule is Cn1cc2cc(-c3c(C#N)cccc3-c3ccncn3)cnc2n1. The highest BCUT2D eigenvalue weighted by Crippen LogP contribution is 2.34. The van der Waals surface area contributed by atoms with Gasteiger partial charge in [-0.1, -0.05) is 12.1 Å². The van der Waals surface area contributed by atoms with Crippen molar-refractivity contribution in [2.75, 3.05) is 0 Å². The number of nitriles is 1. The van der Waals surface area contributed by atoms with Crippen molar-refractivity contribution in [2.45, 2.75) is 0 Å². The molecule has 0 atom stereocenters.